The number of methoxy groups -OCH3 is 1. The van der Waals surface area contributed by atoms with E-state index in [1.54, 1.807) is 0 Å². The quantitative estimate of drug-likeness (QED) is 0.816. The molecule has 0 aliphatic heterocycles. The fourth-order valence-corrected chi connectivity index (χ4v) is 1.05. The molecule has 0 atom stereocenters. The monoisotopic (exact) mass is 236 g/mol. The maximum Gasteiger partial charge on any atom is 0.416 e. The van der Waals surface area contributed by atoms with Crippen molar-refractivity contribution < 1.29 is 27.8 Å². The average molecular weight is 236 g/mol. The standard InChI is InChI=1S/C10H11F3O3/c1-15-4-5-16-9-3-2-7(6-8(9)14)10(11,12)13/h2-3,6,14H,4-5H2,1H3. The van der Waals surface area contributed by atoms with E-state index in [-0.39, 0.29) is 12.4 Å². The van der Waals surface area contributed by atoms with Crippen molar-refractivity contribution in [2.45, 2.75) is 6.18 Å². The van der Waals surface area contributed by atoms with Crippen molar-refractivity contribution in [2.24, 2.45) is 0 Å². The number of phenols is 1. The van der Waals surface area contributed by atoms with Crippen molar-refractivity contribution >= 4 is 0 Å². The van der Waals surface area contributed by atoms with Crippen LogP contribution in [0.25, 0.3) is 0 Å². The van der Waals surface area contributed by atoms with E-state index in [1.165, 1.54) is 7.11 Å². The molecule has 0 amide bonds. The maximum absolute atomic E-state index is 12.2. The Balaban J connectivity index is 2.76. The molecule has 90 valence electrons. The summed E-state index contributed by atoms with van der Waals surface area (Å²) in [6.07, 6.45) is -4.47. The number of benzene rings is 1. The van der Waals surface area contributed by atoms with Gasteiger partial charge in [0.1, 0.15) is 6.61 Å². The lowest BCUT2D eigenvalue weighted by atomic mass is 10.2. The van der Waals surface area contributed by atoms with Gasteiger partial charge in [-0.2, -0.15) is 13.2 Å². The van der Waals surface area contributed by atoms with Crippen molar-refractivity contribution in [1.29, 1.82) is 0 Å². The summed E-state index contributed by atoms with van der Waals surface area (Å²) in [5.41, 5.74) is -0.913. The van der Waals surface area contributed by atoms with Crippen LogP contribution in [0, 0.1) is 0 Å². The lowest BCUT2D eigenvalue weighted by Gasteiger charge is -2.10. The first-order valence-corrected chi connectivity index (χ1v) is 4.47. The van der Waals surface area contributed by atoms with Crippen LogP contribution in [0.2, 0.25) is 0 Å². The normalized spacial score (nSPS) is 11.5. The van der Waals surface area contributed by atoms with Crippen LogP contribution in [-0.4, -0.2) is 25.4 Å². The fourth-order valence-electron chi connectivity index (χ4n) is 1.05. The highest BCUT2D eigenvalue weighted by Gasteiger charge is 2.31. The predicted octanol–water partition coefficient (Wildman–Crippen LogP) is 2.44. The molecule has 1 N–H and O–H groups in total. The Morgan fingerprint density at radius 1 is 1.25 bits per heavy atom. The third-order valence-corrected chi connectivity index (χ3v) is 1.83. The molecule has 0 saturated heterocycles. The van der Waals surface area contributed by atoms with Gasteiger partial charge in [0.25, 0.3) is 0 Å². The zero-order valence-corrected chi connectivity index (χ0v) is 8.54. The van der Waals surface area contributed by atoms with Crippen molar-refractivity contribution in [1.82, 2.24) is 0 Å². The number of rotatable bonds is 4. The van der Waals surface area contributed by atoms with Gasteiger partial charge in [-0.25, -0.2) is 0 Å². The minimum absolute atomic E-state index is 0.00468. The van der Waals surface area contributed by atoms with E-state index in [4.69, 9.17) is 9.47 Å². The average Bonchev–Trinajstić information content (AvgIpc) is 2.19. The summed E-state index contributed by atoms with van der Waals surface area (Å²) in [4.78, 5) is 0. The lowest BCUT2D eigenvalue weighted by molar-refractivity contribution is -0.137. The van der Waals surface area contributed by atoms with Crippen molar-refractivity contribution in [3.8, 4) is 11.5 Å². The highest BCUT2D eigenvalue weighted by Crippen LogP contribution is 2.35. The smallest absolute Gasteiger partial charge is 0.416 e. The van der Waals surface area contributed by atoms with E-state index < -0.39 is 17.5 Å². The maximum atomic E-state index is 12.2. The molecule has 0 bridgehead atoms. The first kappa shape index (κ1) is 12.6. The van der Waals surface area contributed by atoms with Crippen molar-refractivity contribution in [3.63, 3.8) is 0 Å². The summed E-state index contributed by atoms with van der Waals surface area (Å²) in [6, 6.07) is 2.55. The van der Waals surface area contributed by atoms with Gasteiger partial charge in [-0.3, -0.25) is 0 Å². The second-order valence-electron chi connectivity index (χ2n) is 3.02. The molecule has 1 rings (SSSR count). The summed E-state index contributed by atoms with van der Waals surface area (Å²) in [5, 5.41) is 9.29. The van der Waals surface area contributed by atoms with E-state index in [0.29, 0.717) is 12.7 Å². The second-order valence-corrected chi connectivity index (χ2v) is 3.02. The van der Waals surface area contributed by atoms with E-state index in [1.807, 2.05) is 0 Å². The third kappa shape index (κ3) is 3.30. The molecular formula is C10H11F3O3. The number of alkyl halides is 3. The van der Waals surface area contributed by atoms with Crippen LogP contribution in [0.15, 0.2) is 18.2 Å². The molecular weight excluding hydrogens is 225 g/mol. The number of phenolic OH excluding ortho intramolecular Hbond substituents is 1. The van der Waals surface area contributed by atoms with Crippen LogP contribution in [0.4, 0.5) is 13.2 Å². The highest BCUT2D eigenvalue weighted by molar-refractivity contribution is 5.42. The molecule has 0 radical (unpaired) electrons. The summed E-state index contributed by atoms with van der Waals surface area (Å²) >= 11 is 0. The van der Waals surface area contributed by atoms with Gasteiger partial charge >= 0.3 is 6.18 Å². The molecule has 16 heavy (non-hydrogen) atoms. The zero-order valence-electron chi connectivity index (χ0n) is 8.54. The van der Waals surface area contributed by atoms with Gasteiger partial charge in [-0.1, -0.05) is 0 Å². The summed E-state index contributed by atoms with van der Waals surface area (Å²) < 4.78 is 46.4. The molecule has 0 fully saturated rings. The van der Waals surface area contributed by atoms with Crippen LogP contribution in [0.1, 0.15) is 5.56 Å². The van der Waals surface area contributed by atoms with E-state index in [9.17, 15) is 18.3 Å². The molecule has 0 heterocycles. The van der Waals surface area contributed by atoms with Crippen LogP contribution in [0.3, 0.4) is 0 Å². The second kappa shape index (κ2) is 5.07. The van der Waals surface area contributed by atoms with Gasteiger partial charge in [0, 0.05) is 7.11 Å². The molecule has 1 aromatic carbocycles. The van der Waals surface area contributed by atoms with E-state index >= 15 is 0 Å². The Labute approximate surface area is 90.4 Å². The molecule has 1 aromatic rings. The van der Waals surface area contributed by atoms with E-state index in [2.05, 4.69) is 0 Å². The predicted molar refractivity (Wildman–Crippen MR) is 50.5 cm³/mol. The number of aromatic hydroxyl groups is 1. The van der Waals surface area contributed by atoms with Gasteiger partial charge in [-0.05, 0) is 18.2 Å². The molecule has 0 saturated carbocycles. The molecule has 0 aromatic heterocycles. The minimum atomic E-state index is -4.47. The van der Waals surface area contributed by atoms with Gasteiger partial charge < -0.3 is 14.6 Å². The number of halogens is 3. The first-order chi connectivity index (χ1) is 7.45. The van der Waals surface area contributed by atoms with Gasteiger partial charge in [-0.15, -0.1) is 0 Å². The van der Waals surface area contributed by atoms with Gasteiger partial charge in [0.2, 0.25) is 0 Å². The molecule has 0 spiro atoms. The Hall–Kier alpha value is -1.43. The summed E-state index contributed by atoms with van der Waals surface area (Å²) in [7, 11) is 1.47. The van der Waals surface area contributed by atoms with Crippen LogP contribution in [0.5, 0.6) is 11.5 Å². The largest absolute Gasteiger partial charge is 0.504 e. The Morgan fingerprint density at radius 2 is 1.94 bits per heavy atom. The Kier molecular flexibility index (Phi) is 4.00. The third-order valence-electron chi connectivity index (χ3n) is 1.83. The highest BCUT2D eigenvalue weighted by atomic mass is 19.4. The van der Waals surface area contributed by atoms with Crippen molar-refractivity contribution in [2.75, 3.05) is 20.3 Å². The SMILES string of the molecule is COCCOc1ccc(C(F)(F)F)cc1O. The minimum Gasteiger partial charge on any atom is -0.504 e. The first-order valence-electron chi connectivity index (χ1n) is 4.47. The van der Waals surface area contributed by atoms with Gasteiger partial charge in [0.05, 0.1) is 12.2 Å². The van der Waals surface area contributed by atoms with E-state index in [0.717, 1.165) is 12.1 Å². The molecule has 0 aliphatic carbocycles. The van der Waals surface area contributed by atoms with Crippen LogP contribution >= 0.6 is 0 Å². The summed E-state index contributed by atoms with van der Waals surface area (Å²) in [6.45, 7) is 0.454. The molecule has 6 heteroatoms. The Bertz CT molecular complexity index is 350. The number of hydrogen-bond donors (Lipinski definition) is 1. The summed E-state index contributed by atoms with van der Waals surface area (Å²) in [5.74, 6) is -0.532. The number of ether oxygens (including phenoxy) is 2. The topological polar surface area (TPSA) is 38.7 Å². The van der Waals surface area contributed by atoms with Crippen LogP contribution in [-0.2, 0) is 10.9 Å². The Morgan fingerprint density at radius 3 is 2.44 bits per heavy atom. The zero-order chi connectivity index (χ0) is 12.2. The molecule has 3 nitrogen and oxygen atoms in total. The number of hydrogen-bond acceptors (Lipinski definition) is 3. The van der Waals surface area contributed by atoms with Crippen LogP contribution < -0.4 is 4.74 Å². The molecule has 0 unspecified atom stereocenters. The van der Waals surface area contributed by atoms with Gasteiger partial charge in [0.15, 0.2) is 11.5 Å². The molecule has 0 aliphatic rings. The van der Waals surface area contributed by atoms with Crippen molar-refractivity contribution in [3.05, 3.63) is 23.8 Å². The lowest BCUT2D eigenvalue weighted by Crippen LogP contribution is -2.06. The fraction of sp³-hybridized carbons (Fsp3) is 0.400.